The fraction of sp³-hybridized carbons (Fsp3) is 0.545. The van der Waals surface area contributed by atoms with Gasteiger partial charge in [-0.25, -0.2) is 4.79 Å². The second-order valence-electron chi connectivity index (χ2n) is 7.96. The summed E-state index contributed by atoms with van der Waals surface area (Å²) < 4.78 is 7.06. The van der Waals surface area contributed by atoms with E-state index in [9.17, 15) is 9.59 Å². The Labute approximate surface area is 190 Å². The zero-order valence-electron chi connectivity index (χ0n) is 17.8. The number of hydrogen-bond donors (Lipinski definition) is 1. The van der Waals surface area contributed by atoms with Crippen molar-refractivity contribution in [2.24, 2.45) is 0 Å². The van der Waals surface area contributed by atoms with Crippen molar-refractivity contribution in [2.45, 2.75) is 69.0 Å². The first kappa shape index (κ1) is 22.1. The number of ether oxygens (including phenoxy) is 1. The Bertz CT molecular complexity index is 976. The summed E-state index contributed by atoms with van der Waals surface area (Å²) in [6.07, 6.45) is 10.5. The maximum atomic E-state index is 12.7. The second-order valence-corrected chi connectivity index (χ2v) is 10.0. The first-order valence-corrected chi connectivity index (χ1v) is 12.6. The third kappa shape index (κ3) is 4.72. The second kappa shape index (κ2) is 9.99. The molecule has 0 saturated heterocycles. The van der Waals surface area contributed by atoms with Gasteiger partial charge in [-0.05, 0) is 44.1 Å². The summed E-state index contributed by atoms with van der Waals surface area (Å²) in [4.78, 5) is 26.3. The number of carbonyl (C=O) groups excluding carboxylic acids is 2. The number of allylic oxidation sites excluding steroid dienone is 1. The van der Waals surface area contributed by atoms with E-state index >= 15 is 0 Å². The smallest absolute Gasteiger partial charge is 0.341 e. The molecule has 166 valence electrons. The molecular formula is C22H28N4O3S2. The molecule has 1 amide bonds. The van der Waals surface area contributed by atoms with Gasteiger partial charge in [-0.2, -0.15) is 0 Å². The fourth-order valence-corrected chi connectivity index (χ4v) is 6.51. The van der Waals surface area contributed by atoms with Gasteiger partial charge in [-0.15, -0.1) is 28.1 Å². The van der Waals surface area contributed by atoms with Crippen molar-refractivity contribution in [3.05, 3.63) is 34.5 Å². The molecule has 0 radical (unpaired) electrons. The summed E-state index contributed by atoms with van der Waals surface area (Å²) >= 11 is 2.87. The number of rotatable bonds is 8. The lowest BCUT2D eigenvalue weighted by atomic mass is 9.95. The molecule has 2 aromatic rings. The van der Waals surface area contributed by atoms with Crippen LogP contribution in [0.5, 0.6) is 0 Å². The van der Waals surface area contributed by atoms with Crippen molar-refractivity contribution in [1.82, 2.24) is 14.8 Å². The highest BCUT2D eigenvalue weighted by Crippen LogP contribution is 2.39. The molecule has 0 atom stereocenters. The van der Waals surface area contributed by atoms with Gasteiger partial charge in [0.1, 0.15) is 10.8 Å². The number of amides is 1. The van der Waals surface area contributed by atoms with Crippen molar-refractivity contribution in [3.8, 4) is 0 Å². The number of esters is 1. The lowest BCUT2D eigenvalue weighted by Gasteiger charge is -2.12. The summed E-state index contributed by atoms with van der Waals surface area (Å²) in [6, 6.07) is 0. The standard InChI is InChI=1S/C22H28N4O3S2/c1-3-12-26-19(14-8-4-5-9-14)24-25-22(26)30-13-17(27)23-20-18(21(28)29-2)15-10-6-7-11-16(15)31-20/h3,14H,1,4-13H2,2H3,(H,23,27). The maximum absolute atomic E-state index is 12.7. The van der Waals surface area contributed by atoms with E-state index < -0.39 is 0 Å². The Kier molecular flexibility index (Phi) is 7.12. The number of aromatic nitrogens is 3. The van der Waals surface area contributed by atoms with Gasteiger partial charge < -0.3 is 14.6 Å². The summed E-state index contributed by atoms with van der Waals surface area (Å²) in [7, 11) is 1.38. The number of aryl methyl sites for hydroxylation is 1. The van der Waals surface area contributed by atoms with Gasteiger partial charge in [0, 0.05) is 17.3 Å². The predicted octanol–water partition coefficient (Wildman–Crippen LogP) is 4.58. The van der Waals surface area contributed by atoms with E-state index in [0.717, 1.165) is 55.1 Å². The molecule has 2 aliphatic rings. The fourth-order valence-electron chi connectivity index (χ4n) is 4.46. The minimum atomic E-state index is -0.380. The van der Waals surface area contributed by atoms with Crippen molar-refractivity contribution >= 4 is 40.0 Å². The molecular weight excluding hydrogens is 432 g/mol. The van der Waals surface area contributed by atoms with E-state index in [4.69, 9.17) is 4.74 Å². The Morgan fingerprint density at radius 1 is 1.26 bits per heavy atom. The lowest BCUT2D eigenvalue weighted by Crippen LogP contribution is -2.17. The topological polar surface area (TPSA) is 86.1 Å². The molecule has 0 unspecified atom stereocenters. The zero-order chi connectivity index (χ0) is 21.8. The quantitative estimate of drug-likeness (QED) is 0.353. The molecule has 4 rings (SSSR count). The highest BCUT2D eigenvalue weighted by atomic mass is 32.2. The molecule has 2 heterocycles. The molecule has 1 saturated carbocycles. The van der Waals surface area contributed by atoms with Crippen LogP contribution in [0.1, 0.15) is 71.1 Å². The van der Waals surface area contributed by atoms with Gasteiger partial charge in [-0.1, -0.05) is 30.7 Å². The third-order valence-electron chi connectivity index (χ3n) is 5.92. The number of nitrogens with zero attached hydrogens (tertiary/aromatic N) is 3. The summed E-state index contributed by atoms with van der Waals surface area (Å²) in [5, 5.41) is 13.1. The van der Waals surface area contributed by atoms with E-state index in [2.05, 4.69) is 26.7 Å². The highest BCUT2D eigenvalue weighted by Gasteiger charge is 2.28. The zero-order valence-corrected chi connectivity index (χ0v) is 19.4. The van der Waals surface area contributed by atoms with E-state index in [-0.39, 0.29) is 17.6 Å². The molecule has 2 aliphatic carbocycles. The van der Waals surface area contributed by atoms with Gasteiger partial charge in [0.15, 0.2) is 5.16 Å². The molecule has 1 N–H and O–H groups in total. The van der Waals surface area contributed by atoms with E-state index in [1.54, 1.807) is 0 Å². The number of fused-ring (bicyclic) bond motifs is 1. The van der Waals surface area contributed by atoms with Crippen LogP contribution in [0.2, 0.25) is 0 Å². The molecule has 7 nitrogen and oxygen atoms in total. The molecule has 0 spiro atoms. The minimum Gasteiger partial charge on any atom is -0.465 e. The van der Waals surface area contributed by atoms with Crippen molar-refractivity contribution < 1.29 is 14.3 Å². The molecule has 0 bridgehead atoms. The number of anilines is 1. The third-order valence-corrected chi connectivity index (χ3v) is 8.10. The van der Waals surface area contributed by atoms with E-state index in [0.29, 0.717) is 23.0 Å². The molecule has 0 aromatic carbocycles. The summed E-state index contributed by atoms with van der Waals surface area (Å²) in [5.74, 6) is 1.09. The van der Waals surface area contributed by atoms with Crippen molar-refractivity contribution in [3.63, 3.8) is 0 Å². The number of carbonyl (C=O) groups is 2. The van der Waals surface area contributed by atoms with Crippen LogP contribution in [0.3, 0.4) is 0 Å². The Morgan fingerprint density at radius 2 is 2.03 bits per heavy atom. The van der Waals surface area contributed by atoms with Crippen molar-refractivity contribution in [1.29, 1.82) is 0 Å². The molecule has 1 fully saturated rings. The molecule has 9 heteroatoms. The summed E-state index contributed by atoms with van der Waals surface area (Å²) in [6.45, 7) is 4.49. The van der Waals surface area contributed by atoms with E-state index in [1.807, 2.05) is 6.08 Å². The van der Waals surface area contributed by atoms with Crippen LogP contribution in [0.15, 0.2) is 17.8 Å². The maximum Gasteiger partial charge on any atom is 0.341 e. The number of nitrogens with one attached hydrogen (secondary N) is 1. The number of hydrogen-bond acceptors (Lipinski definition) is 7. The van der Waals surface area contributed by atoms with Crippen LogP contribution in [-0.4, -0.2) is 39.5 Å². The van der Waals surface area contributed by atoms with Crippen LogP contribution < -0.4 is 5.32 Å². The predicted molar refractivity (Wildman–Crippen MR) is 123 cm³/mol. The Morgan fingerprint density at radius 3 is 2.77 bits per heavy atom. The van der Waals surface area contributed by atoms with Crippen LogP contribution in [0, 0.1) is 0 Å². The number of methoxy groups -OCH3 is 1. The lowest BCUT2D eigenvalue weighted by molar-refractivity contribution is -0.113. The van der Waals surface area contributed by atoms with Crippen molar-refractivity contribution in [2.75, 3.05) is 18.2 Å². The van der Waals surface area contributed by atoms with Gasteiger partial charge in [0.25, 0.3) is 0 Å². The minimum absolute atomic E-state index is 0.163. The SMILES string of the molecule is C=CCn1c(SCC(=O)Nc2sc3c(c2C(=O)OC)CCCC3)nnc1C1CCCC1. The highest BCUT2D eigenvalue weighted by molar-refractivity contribution is 7.99. The van der Waals surface area contributed by atoms with Crippen LogP contribution in [0.25, 0.3) is 0 Å². The first-order chi connectivity index (χ1) is 15.1. The molecule has 2 aromatic heterocycles. The molecule has 31 heavy (non-hydrogen) atoms. The summed E-state index contributed by atoms with van der Waals surface area (Å²) in [5.41, 5.74) is 1.57. The van der Waals surface area contributed by atoms with E-state index in [1.165, 1.54) is 47.9 Å². The first-order valence-electron chi connectivity index (χ1n) is 10.8. The van der Waals surface area contributed by atoms with Crippen LogP contribution >= 0.6 is 23.1 Å². The largest absolute Gasteiger partial charge is 0.465 e. The normalized spacial score (nSPS) is 16.2. The van der Waals surface area contributed by atoms with Gasteiger partial charge in [0.2, 0.25) is 5.91 Å². The Hall–Kier alpha value is -2.13. The average Bonchev–Trinajstić information content (AvgIpc) is 3.50. The van der Waals surface area contributed by atoms with Crippen LogP contribution in [-0.2, 0) is 28.9 Å². The van der Waals surface area contributed by atoms with Gasteiger partial charge in [0.05, 0.1) is 18.4 Å². The molecule has 0 aliphatic heterocycles. The van der Waals surface area contributed by atoms with Gasteiger partial charge in [-0.3, -0.25) is 4.79 Å². The van der Waals surface area contributed by atoms with Gasteiger partial charge >= 0.3 is 5.97 Å². The number of thioether (sulfide) groups is 1. The monoisotopic (exact) mass is 460 g/mol. The van der Waals surface area contributed by atoms with Crippen LogP contribution in [0.4, 0.5) is 5.00 Å². The average molecular weight is 461 g/mol. The number of thiophene rings is 1. The Balaban J connectivity index is 1.46.